The second kappa shape index (κ2) is 5.19. The zero-order valence-electron chi connectivity index (χ0n) is 10.2. The molecule has 2 aromatic rings. The van der Waals surface area contributed by atoms with E-state index in [4.69, 9.17) is 10.4 Å². The number of aryl methyl sites for hydroxylation is 1. The molecule has 0 atom stereocenters. The van der Waals surface area contributed by atoms with Crippen molar-refractivity contribution in [3.05, 3.63) is 53.3 Å². The first kappa shape index (κ1) is 12.6. The minimum atomic E-state index is -1.03. The van der Waals surface area contributed by atoms with Crippen LogP contribution in [0.3, 0.4) is 0 Å². The van der Waals surface area contributed by atoms with Gasteiger partial charge in [0.25, 0.3) is 0 Å². The molecule has 0 aliphatic carbocycles. The molecule has 0 unspecified atom stereocenters. The molecule has 1 aromatic carbocycles. The topological polar surface area (TPSA) is 86.0 Å². The van der Waals surface area contributed by atoms with Crippen LogP contribution in [0.5, 0.6) is 0 Å². The van der Waals surface area contributed by atoms with E-state index < -0.39 is 5.97 Å². The molecule has 1 heterocycles. The van der Waals surface area contributed by atoms with Crippen molar-refractivity contribution in [1.29, 1.82) is 5.26 Å². The van der Waals surface area contributed by atoms with Crippen LogP contribution in [0.2, 0.25) is 0 Å². The number of nitriles is 1. The van der Waals surface area contributed by atoms with E-state index in [2.05, 4.69) is 10.3 Å². The van der Waals surface area contributed by atoms with E-state index in [1.807, 2.05) is 13.0 Å². The van der Waals surface area contributed by atoms with Crippen molar-refractivity contribution in [2.45, 2.75) is 6.92 Å². The molecule has 0 amide bonds. The number of carbonyl (C=O) groups is 1. The fourth-order valence-corrected chi connectivity index (χ4v) is 1.65. The van der Waals surface area contributed by atoms with E-state index in [0.717, 1.165) is 5.56 Å². The number of hydrogen-bond acceptors (Lipinski definition) is 4. The van der Waals surface area contributed by atoms with Crippen molar-refractivity contribution in [2.24, 2.45) is 0 Å². The first-order chi connectivity index (χ1) is 9.11. The van der Waals surface area contributed by atoms with Gasteiger partial charge in [-0.1, -0.05) is 6.07 Å². The molecule has 5 heteroatoms. The van der Waals surface area contributed by atoms with Gasteiger partial charge >= 0.3 is 5.97 Å². The van der Waals surface area contributed by atoms with E-state index in [-0.39, 0.29) is 5.56 Å². The number of anilines is 2. The van der Waals surface area contributed by atoms with Crippen LogP contribution in [-0.4, -0.2) is 16.1 Å². The summed E-state index contributed by atoms with van der Waals surface area (Å²) in [5.74, 6) is -1.03. The number of aromatic carboxylic acids is 1. The Morgan fingerprint density at radius 3 is 2.84 bits per heavy atom. The summed E-state index contributed by atoms with van der Waals surface area (Å²) in [6.07, 6.45) is 2.87. The zero-order valence-corrected chi connectivity index (χ0v) is 10.2. The van der Waals surface area contributed by atoms with Crippen LogP contribution in [0, 0.1) is 18.3 Å². The van der Waals surface area contributed by atoms with Gasteiger partial charge in [0.2, 0.25) is 0 Å². The molecule has 0 fully saturated rings. The number of nitrogens with zero attached hydrogens (tertiary/aromatic N) is 2. The van der Waals surface area contributed by atoms with Gasteiger partial charge in [0.1, 0.15) is 0 Å². The van der Waals surface area contributed by atoms with E-state index in [1.54, 1.807) is 18.2 Å². The Bertz CT molecular complexity index is 675. The first-order valence-corrected chi connectivity index (χ1v) is 5.57. The normalized spacial score (nSPS) is 9.68. The number of rotatable bonds is 3. The lowest BCUT2D eigenvalue weighted by atomic mass is 10.1. The summed E-state index contributed by atoms with van der Waals surface area (Å²) in [4.78, 5) is 15.0. The van der Waals surface area contributed by atoms with Gasteiger partial charge in [0.15, 0.2) is 0 Å². The smallest absolute Gasteiger partial charge is 0.337 e. The van der Waals surface area contributed by atoms with Gasteiger partial charge in [-0.05, 0) is 30.7 Å². The highest BCUT2D eigenvalue weighted by Crippen LogP contribution is 2.23. The van der Waals surface area contributed by atoms with Crippen molar-refractivity contribution in [1.82, 2.24) is 4.98 Å². The van der Waals surface area contributed by atoms with Gasteiger partial charge < -0.3 is 10.4 Å². The highest BCUT2D eigenvalue weighted by molar-refractivity contribution is 5.95. The van der Waals surface area contributed by atoms with Crippen LogP contribution in [0.15, 0.2) is 36.7 Å². The number of carboxylic acid groups (broad SMARTS) is 1. The van der Waals surface area contributed by atoms with Crippen LogP contribution in [0.1, 0.15) is 21.5 Å². The molecule has 19 heavy (non-hydrogen) atoms. The second-order valence-electron chi connectivity index (χ2n) is 3.99. The summed E-state index contributed by atoms with van der Waals surface area (Å²) in [5.41, 5.74) is 2.65. The molecule has 0 saturated carbocycles. The molecule has 94 valence electrons. The Morgan fingerprint density at radius 1 is 1.37 bits per heavy atom. The summed E-state index contributed by atoms with van der Waals surface area (Å²) in [7, 11) is 0. The summed E-state index contributed by atoms with van der Waals surface area (Å²) in [6, 6.07) is 8.66. The van der Waals surface area contributed by atoms with Crippen molar-refractivity contribution in [2.75, 3.05) is 5.32 Å². The van der Waals surface area contributed by atoms with Crippen LogP contribution in [0.25, 0.3) is 0 Å². The summed E-state index contributed by atoms with van der Waals surface area (Å²) in [5, 5.41) is 21.0. The largest absolute Gasteiger partial charge is 0.478 e. The van der Waals surface area contributed by atoms with Crippen molar-refractivity contribution < 1.29 is 9.90 Å². The highest BCUT2D eigenvalue weighted by atomic mass is 16.4. The maximum Gasteiger partial charge on any atom is 0.337 e. The monoisotopic (exact) mass is 253 g/mol. The molecule has 1 aromatic heterocycles. The summed E-state index contributed by atoms with van der Waals surface area (Å²) >= 11 is 0. The number of benzene rings is 1. The number of hydrogen-bond donors (Lipinski definition) is 2. The lowest BCUT2D eigenvalue weighted by molar-refractivity contribution is 0.0698. The molecule has 2 rings (SSSR count). The lowest BCUT2D eigenvalue weighted by Gasteiger charge is -2.11. The Kier molecular flexibility index (Phi) is 3.44. The number of pyridine rings is 1. The molecule has 0 aliphatic heterocycles. The quantitative estimate of drug-likeness (QED) is 0.878. The van der Waals surface area contributed by atoms with Gasteiger partial charge in [-0.25, -0.2) is 4.79 Å². The minimum Gasteiger partial charge on any atom is -0.478 e. The molecule has 2 N–H and O–H groups in total. The van der Waals surface area contributed by atoms with Gasteiger partial charge in [0.05, 0.1) is 29.1 Å². The minimum absolute atomic E-state index is 0.136. The third kappa shape index (κ3) is 2.69. The zero-order chi connectivity index (χ0) is 13.8. The third-order valence-corrected chi connectivity index (χ3v) is 2.69. The fraction of sp³-hybridized carbons (Fsp3) is 0.0714. The first-order valence-electron chi connectivity index (χ1n) is 5.57. The van der Waals surface area contributed by atoms with Crippen LogP contribution >= 0.6 is 0 Å². The van der Waals surface area contributed by atoms with Gasteiger partial charge in [-0.15, -0.1) is 0 Å². The molecule has 0 saturated heterocycles. The highest BCUT2D eigenvalue weighted by Gasteiger charge is 2.10. The van der Waals surface area contributed by atoms with Gasteiger partial charge in [-0.2, -0.15) is 5.26 Å². The molecular formula is C14H11N3O2. The van der Waals surface area contributed by atoms with Crippen molar-refractivity contribution >= 4 is 17.3 Å². The maximum atomic E-state index is 11.1. The van der Waals surface area contributed by atoms with Crippen LogP contribution in [-0.2, 0) is 0 Å². The third-order valence-electron chi connectivity index (χ3n) is 2.69. The number of aromatic nitrogens is 1. The van der Waals surface area contributed by atoms with Gasteiger partial charge in [-0.3, -0.25) is 4.98 Å². The predicted molar refractivity (Wildman–Crippen MR) is 70.4 cm³/mol. The van der Waals surface area contributed by atoms with Gasteiger partial charge in [0, 0.05) is 11.9 Å². The Hall–Kier alpha value is -2.87. The second-order valence-corrected chi connectivity index (χ2v) is 3.99. The Balaban J connectivity index is 2.42. The number of nitrogens with one attached hydrogen (secondary N) is 1. The standard InChI is InChI=1S/C14H11N3O2/c1-9-2-3-10(7-15)6-12(9)17-13-8-16-5-4-11(13)14(18)19/h2-6,8,17H,1H3,(H,18,19). The Morgan fingerprint density at radius 2 is 2.16 bits per heavy atom. The summed E-state index contributed by atoms with van der Waals surface area (Å²) < 4.78 is 0. The molecule has 5 nitrogen and oxygen atoms in total. The van der Waals surface area contributed by atoms with Crippen LogP contribution < -0.4 is 5.32 Å². The van der Waals surface area contributed by atoms with Crippen molar-refractivity contribution in [3.8, 4) is 6.07 Å². The molecule has 0 radical (unpaired) electrons. The van der Waals surface area contributed by atoms with Crippen molar-refractivity contribution in [3.63, 3.8) is 0 Å². The maximum absolute atomic E-state index is 11.1. The van der Waals surface area contributed by atoms with E-state index >= 15 is 0 Å². The average molecular weight is 253 g/mol. The fourth-order valence-electron chi connectivity index (χ4n) is 1.65. The lowest BCUT2D eigenvalue weighted by Crippen LogP contribution is -2.04. The van der Waals surface area contributed by atoms with Crippen LogP contribution in [0.4, 0.5) is 11.4 Å². The summed E-state index contributed by atoms with van der Waals surface area (Å²) in [6.45, 7) is 1.88. The molecular weight excluding hydrogens is 242 g/mol. The SMILES string of the molecule is Cc1ccc(C#N)cc1Nc1cnccc1C(=O)O. The number of carboxylic acids is 1. The molecule has 0 spiro atoms. The van der Waals surface area contributed by atoms with E-state index in [0.29, 0.717) is 16.9 Å². The Labute approximate surface area is 110 Å². The molecule has 0 bridgehead atoms. The van der Waals surface area contributed by atoms with E-state index in [1.165, 1.54) is 18.5 Å². The average Bonchev–Trinajstić information content (AvgIpc) is 2.41. The predicted octanol–water partition coefficient (Wildman–Crippen LogP) is 2.70. The molecule has 0 aliphatic rings. The van der Waals surface area contributed by atoms with E-state index in [9.17, 15) is 4.79 Å².